The molecule has 5 heteroatoms. The van der Waals surface area contributed by atoms with E-state index >= 15 is 0 Å². The van der Waals surface area contributed by atoms with Gasteiger partial charge in [0.2, 0.25) is 0 Å². The van der Waals surface area contributed by atoms with Crippen molar-refractivity contribution in [3.8, 4) is 0 Å². The number of nitrogens with one attached hydrogen (secondary N) is 1. The van der Waals surface area contributed by atoms with E-state index < -0.39 is 0 Å². The normalized spacial score (nSPS) is 19.2. The molecule has 0 saturated heterocycles. The van der Waals surface area contributed by atoms with Gasteiger partial charge in [0.05, 0.1) is 22.4 Å². The van der Waals surface area contributed by atoms with Crippen LogP contribution >= 0.6 is 15.9 Å². The summed E-state index contributed by atoms with van der Waals surface area (Å²) in [6.07, 6.45) is 11.2. The van der Waals surface area contributed by atoms with Crippen molar-refractivity contribution in [2.45, 2.75) is 70.9 Å². The summed E-state index contributed by atoms with van der Waals surface area (Å²) in [6, 6.07) is 0.527. The van der Waals surface area contributed by atoms with Gasteiger partial charge in [-0.2, -0.15) is 5.10 Å². The van der Waals surface area contributed by atoms with Gasteiger partial charge in [-0.25, -0.2) is 0 Å². The molecule has 0 amide bonds. The molecule has 0 spiro atoms. The van der Waals surface area contributed by atoms with E-state index in [0.29, 0.717) is 6.04 Å². The van der Waals surface area contributed by atoms with Gasteiger partial charge in [0.1, 0.15) is 0 Å². The monoisotopic (exact) mass is 342 g/mol. The third kappa shape index (κ3) is 3.83. The van der Waals surface area contributed by atoms with Crippen LogP contribution in [-0.4, -0.2) is 9.78 Å². The highest BCUT2D eigenvalue weighted by Crippen LogP contribution is 2.34. The summed E-state index contributed by atoms with van der Waals surface area (Å²) in [4.78, 5) is 0. The molecule has 1 unspecified atom stereocenters. The Morgan fingerprint density at radius 1 is 1.35 bits per heavy atom. The molecule has 0 aliphatic heterocycles. The first-order chi connectivity index (χ1) is 9.63. The quantitative estimate of drug-likeness (QED) is 0.481. The number of hydrazine groups is 1. The first-order valence-electron chi connectivity index (χ1n) is 7.82. The van der Waals surface area contributed by atoms with Gasteiger partial charge < -0.3 is 0 Å². The minimum absolute atomic E-state index is 0.178. The number of rotatable bonds is 5. The van der Waals surface area contributed by atoms with Crippen LogP contribution in [0, 0.1) is 5.92 Å². The number of aromatic nitrogens is 2. The van der Waals surface area contributed by atoms with Gasteiger partial charge in [-0.15, -0.1) is 0 Å². The van der Waals surface area contributed by atoms with E-state index in [1.54, 1.807) is 0 Å². The fourth-order valence-electron chi connectivity index (χ4n) is 3.28. The molecule has 3 N–H and O–H groups in total. The molecule has 1 aromatic heterocycles. The highest BCUT2D eigenvalue weighted by atomic mass is 79.9. The van der Waals surface area contributed by atoms with E-state index in [0.717, 1.165) is 16.8 Å². The molecule has 20 heavy (non-hydrogen) atoms. The van der Waals surface area contributed by atoms with Gasteiger partial charge in [0.15, 0.2) is 0 Å². The fraction of sp³-hybridized carbons (Fsp3) is 0.800. The lowest BCUT2D eigenvalue weighted by atomic mass is 9.91. The predicted octanol–water partition coefficient (Wildman–Crippen LogP) is 4.09. The zero-order valence-corrected chi connectivity index (χ0v) is 14.2. The highest BCUT2D eigenvalue weighted by Gasteiger charge is 2.24. The zero-order valence-electron chi connectivity index (χ0n) is 12.6. The van der Waals surface area contributed by atoms with Crippen LogP contribution in [0.4, 0.5) is 0 Å². The fourth-order valence-corrected chi connectivity index (χ4v) is 3.83. The Labute approximate surface area is 130 Å². The zero-order chi connectivity index (χ0) is 14.5. The first kappa shape index (κ1) is 16.0. The van der Waals surface area contributed by atoms with Crippen LogP contribution < -0.4 is 11.3 Å². The molecule has 1 aliphatic rings. The van der Waals surface area contributed by atoms with Gasteiger partial charge in [-0.1, -0.05) is 38.5 Å². The van der Waals surface area contributed by atoms with Crippen LogP contribution in [0.15, 0.2) is 10.7 Å². The Bertz CT molecular complexity index is 408. The first-order valence-corrected chi connectivity index (χ1v) is 8.61. The Morgan fingerprint density at radius 2 is 2.00 bits per heavy atom. The summed E-state index contributed by atoms with van der Waals surface area (Å²) in [5, 5.41) is 4.47. The van der Waals surface area contributed by atoms with Crippen molar-refractivity contribution in [2.24, 2.45) is 11.8 Å². The van der Waals surface area contributed by atoms with Crippen molar-refractivity contribution in [3.63, 3.8) is 0 Å². The average molecular weight is 343 g/mol. The maximum atomic E-state index is 5.85. The summed E-state index contributed by atoms with van der Waals surface area (Å²) < 4.78 is 3.13. The average Bonchev–Trinajstić information content (AvgIpc) is 2.64. The summed E-state index contributed by atoms with van der Waals surface area (Å²) in [5.41, 5.74) is 4.20. The van der Waals surface area contributed by atoms with Crippen molar-refractivity contribution < 1.29 is 0 Å². The van der Waals surface area contributed by atoms with E-state index in [4.69, 9.17) is 5.84 Å². The number of hydrogen-bond donors (Lipinski definition) is 2. The van der Waals surface area contributed by atoms with Gasteiger partial charge in [-0.05, 0) is 42.1 Å². The lowest BCUT2D eigenvalue weighted by Crippen LogP contribution is -2.32. The molecule has 114 valence electrons. The summed E-state index contributed by atoms with van der Waals surface area (Å²) in [5.74, 6) is 6.62. The maximum absolute atomic E-state index is 5.85. The molecule has 4 nitrogen and oxygen atoms in total. The van der Waals surface area contributed by atoms with Crippen LogP contribution in [0.5, 0.6) is 0 Å². The predicted molar refractivity (Wildman–Crippen MR) is 86.2 cm³/mol. The minimum Gasteiger partial charge on any atom is -0.271 e. The van der Waals surface area contributed by atoms with Gasteiger partial charge >= 0.3 is 0 Å². The molecule has 1 heterocycles. The number of hydrogen-bond acceptors (Lipinski definition) is 3. The molecule has 0 radical (unpaired) electrons. The van der Waals surface area contributed by atoms with Crippen molar-refractivity contribution >= 4 is 15.9 Å². The van der Waals surface area contributed by atoms with E-state index in [1.165, 1.54) is 44.2 Å². The van der Waals surface area contributed by atoms with Gasteiger partial charge in [0.25, 0.3) is 0 Å². The van der Waals surface area contributed by atoms with Crippen LogP contribution in [0.2, 0.25) is 0 Å². The van der Waals surface area contributed by atoms with E-state index in [2.05, 4.69) is 45.0 Å². The van der Waals surface area contributed by atoms with Gasteiger partial charge in [-0.3, -0.25) is 16.0 Å². The van der Waals surface area contributed by atoms with Crippen molar-refractivity contribution in [1.29, 1.82) is 0 Å². The third-order valence-electron chi connectivity index (χ3n) is 4.35. The Kier molecular flexibility index (Phi) is 6.05. The van der Waals surface area contributed by atoms with E-state index in [-0.39, 0.29) is 6.04 Å². The Morgan fingerprint density at radius 3 is 2.55 bits per heavy atom. The van der Waals surface area contributed by atoms with Gasteiger partial charge in [0, 0.05) is 6.04 Å². The van der Waals surface area contributed by atoms with Crippen LogP contribution in [0.25, 0.3) is 0 Å². The minimum atomic E-state index is 0.178. The second kappa shape index (κ2) is 7.57. The molecule has 2 rings (SSSR count). The number of nitrogens with zero attached hydrogens (tertiary/aromatic N) is 2. The molecule has 1 aliphatic carbocycles. The number of nitrogens with two attached hydrogens (primary N) is 1. The standard InChI is InChI=1S/C15H27BrN4/c1-11(2)20-15(13(16)10-18-20)14(19-17)9-12-7-5-3-4-6-8-12/h10-12,14,19H,3-9,17H2,1-2H3. The highest BCUT2D eigenvalue weighted by molar-refractivity contribution is 9.10. The molecule has 0 bridgehead atoms. The molecular formula is C15H27BrN4. The molecule has 1 fully saturated rings. The lowest BCUT2D eigenvalue weighted by molar-refractivity contribution is 0.339. The molecule has 0 aromatic carbocycles. The van der Waals surface area contributed by atoms with Crippen molar-refractivity contribution in [3.05, 3.63) is 16.4 Å². The van der Waals surface area contributed by atoms with Crippen molar-refractivity contribution in [1.82, 2.24) is 15.2 Å². The SMILES string of the molecule is CC(C)n1ncc(Br)c1C(CC1CCCCCC1)NN. The molecule has 1 saturated carbocycles. The third-order valence-corrected chi connectivity index (χ3v) is 4.96. The van der Waals surface area contributed by atoms with E-state index in [9.17, 15) is 0 Å². The second-order valence-corrected chi connectivity index (χ2v) is 7.08. The lowest BCUT2D eigenvalue weighted by Gasteiger charge is -2.24. The number of halogens is 1. The smallest absolute Gasteiger partial charge is 0.0712 e. The summed E-state index contributed by atoms with van der Waals surface area (Å²) in [6.45, 7) is 4.31. The Hall–Kier alpha value is -0.390. The largest absolute Gasteiger partial charge is 0.271 e. The Balaban J connectivity index is 2.13. The summed E-state index contributed by atoms with van der Waals surface area (Å²) >= 11 is 3.63. The second-order valence-electron chi connectivity index (χ2n) is 6.23. The van der Waals surface area contributed by atoms with Crippen LogP contribution in [0.1, 0.15) is 76.6 Å². The molecule has 1 aromatic rings. The van der Waals surface area contributed by atoms with Crippen molar-refractivity contribution in [2.75, 3.05) is 0 Å². The maximum Gasteiger partial charge on any atom is 0.0712 e. The molecule has 1 atom stereocenters. The topological polar surface area (TPSA) is 55.9 Å². The summed E-state index contributed by atoms with van der Waals surface area (Å²) in [7, 11) is 0. The van der Waals surface area contributed by atoms with Crippen LogP contribution in [-0.2, 0) is 0 Å². The van der Waals surface area contributed by atoms with Crippen LogP contribution in [0.3, 0.4) is 0 Å². The van der Waals surface area contributed by atoms with E-state index in [1.807, 2.05) is 6.20 Å². The molecular weight excluding hydrogens is 316 g/mol.